The van der Waals surface area contributed by atoms with Crippen molar-refractivity contribution in [2.75, 3.05) is 11.9 Å². The van der Waals surface area contributed by atoms with E-state index in [2.05, 4.69) is 10.3 Å². The van der Waals surface area contributed by atoms with Gasteiger partial charge in [-0.05, 0) is 30.3 Å². The molecule has 2 aromatic heterocycles. The maximum absolute atomic E-state index is 13.4. The molecule has 0 aliphatic carbocycles. The van der Waals surface area contributed by atoms with Crippen LogP contribution in [0.15, 0.2) is 46.4 Å². The second-order valence-electron chi connectivity index (χ2n) is 6.41. The quantitative estimate of drug-likeness (QED) is 0.705. The summed E-state index contributed by atoms with van der Waals surface area (Å²) in [6, 6.07) is 7.02. The Kier molecular flexibility index (Phi) is 4.91. The van der Waals surface area contributed by atoms with Crippen LogP contribution in [0.5, 0.6) is 0 Å². The number of aromatic nitrogens is 1. The molecule has 0 spiro atoms. The number of amides is 2. The fourth-order valence-corrected chi connectivity index (χ4v) is 3.74. The summed E-state index contributed by atoms with van der Waals surface area (Å²) < 4.78 is 31.7. The van der Waals surface area contributed by atoms with Crippen molar-refractivity contribution < 1.29 is 22.8 Å². The third-order valence-corrected chi connectivity index (χ3v) is 5.22. The number of carbonyl (C=O) groups is 2. The molecule has 28 heavy (non-hydrogen) atoms. The molecule has 1 unspecified atom stereocenters. The van der Waals surface area contributed by atoms with E-state index in [4.69, 9.17) is 4.42 Å². The third kappa shape index (κ3) is 3.79. The SMILES string of the molecule is O=C(Nc1nc(-c2ccc(F)c(F)c2)cs1)C1CC(=O)N(Cc2ccco2)C1. The average Bonchev–Trinajstić information content (AvgIpc) is 3.40. The Hall–Kier alpha value is -3.07. The minimum absolute atomic E-state index is 0.113. The molecule has 9 heteroatoms. The average molecular weight is 403 g/mol. The van der Waals surface area contributed by atoms with Crippen molar-refractivity contribution in [3.8, 4) is 11.3 Å². The zero-order valence-corrected chi connectivity index (χ0v) is 15.3. The van der Waals surface area contributed by atoms with Gasteiger partial charge < -0.3 is 14.6 Å². The number of nitrogens with zero attached hydrogens (tertiary/aromatic N) is 2. The minimum Gasteiger partial charge on any atom is -0.467 e. The van der Waals surface area contributed by atoms with Gasteiger partial charge in [0.15, 0.2) is 16.8 Å². The topological polar surface area (TPSA) is 75.4 Å². The number of nitrogens with one attached hydrogen (secondary N) is 1. The Morgan fingerprint density at radius 2 is 2.18 bits per heavy atom. The van der Waals surface area contributed by atoms with Crippen LogP contribution >= 0.6 is 11.3 Å². The van der Waals surface area contributed by atoms with Crippen molar-refractivity contribution in [1.82, 2.24) is 9.88 Å². The summed E-state index contributed by atoms with van der Waals surface area (Å²) in [5.41, 5.74) is 0.845. The lowest BCUT2D eigenvalue weighted by molar-refractivity contribution is -0.128. The number of thiazole rings is 1. The highest BCUT2D eigenvalue weighted by Crippen LogP contribution is 2.27. The number of carbonyl (C=O) groups excluding carboxylic acids is 2. The van der Waals surface area contributed by atoms with Gasteiger partial charge in [-0.25, -0.2) is 13.8 Å². The number of hydrogen-bond donors (Lipinski definition) is 1. The number of furan rings is 1. The van der Waals surface area contributed by atoms with Crippen molar-refractivity contribution >= 4 is 28.3 Å². The predicted octanol–water partition coefficient (Wildman–Crippen LogP) is 3.67. The van der Waals surface area contributed by atoms with Gasteiger partial charge in [0, 0.05) is 23.9 Å². The van der Waals surface area contributed by atoms with Crippen LogP contribution in [-0.4, -0.2) is 28.2 Å². The molecule has 0 saturated carbocycles. The van der Waals surface area contributed by atoms with Crippen molar-refractivity contribution in [3.63, 3.8) is 0 Å². The van der Waals surface area contributed by atoms with Crippen LogP contribution in [0, 0.1) is 17.6 Å². The number of halogens is 2. The zero-order chi connectivity index (χ0) is 19.7. The highest BCUT2D eigenvalue weighted by Gasteiger charge is 2.35. The Morgan fingerprint density at radius 3 is 2.93 bits per heavy atom. The molecule has 1 aliphatic heterocycles. The summed E-state index contributed by atoms with van der Waals surface area (Å²) in [5.74, 6) is -2.14. The summed E-state index contributed by atoms with van der Waals surface area (Å²) in [6.45, 7) is 0.625. The fraction of sp³-hybridized carbons (Fsp3) is 0.211. The third-order valence-electron chi connectivity index (χ3n) is 4.46. The lowest BCUT2D eigenvalue weighted by Gasteiger charge is -2.14. The van der Waals surface area contributed by atoms with Crippen LogP contribution in [0.25, 0.3) is 11.3 Å². The van der Waals surface area contributed by atoms with Crippen molar-refractivity contribution in [3.05, 3.63) is 59.4 Å². The lowest BCUT2D eigenvalue weighted by atomic mass is 10.1. The largest absolute Gasteiger partial charge is 0.467 e. The molecule has 6 nitrogen and oxygen atoms in total. The van der Waals surface area contributed by atoms with Crippen LogP contribution in [-0.2, 0) is 16.1 Å². The lowest BCUT2D eigenvalue weighted by Crippen LogP contribution is -2.27. The highest BCUT2D eigenvalue weighted by atomic mass is 32.1. The summed E-state index contributed by atoms with van der Waals surface area (Å²) in [5, 5.41) is 4.68. The van der Waals surface area contributed by atoms with Gasteiger partial charge in [-0.1, -0.05) is 0 Å². The smallest absolute Gasteiger partial charge is 0.231 e. The van der Waals surface area contributed by atoms with Crippen LogP contribution in [0.1, 0.15) is 12.2 Å². The number of anilines is 1. The van der Waals surface area contributed by atoms with E-state index in [1.54, 1.807) is 22.4 Å². The van der Waals surface area contributed by atoms with Gasteiger partial charge in [0.2, 0.25) is 11.8 Å². The van der Waals surface area contributed by atoms with Gasteiger partial charge in [-0.3, -0.25) is 9.59 Å². The highest BCUT2D eigenvalue weighted by molar-refractivity contribution is 7.14. The number of hydrogen-bond acceptors (Lipinski definition) is 5. The first-order chi connectivity index (χ1) is 13.5. The molecule has 4 rings (SSSR count). The molecule has 1 saturated heterocycles. The summed E-state index contributed by atoms with van der Waals surface area (Å²) in [4.78, 5) is 30.5. The monoisotopic (exact) mass is 403 g/mol. The molecule has 1 N–H and O–H groups in total. The van der Waals surface area contributed by atoms with E-state index in [0.29, 0.717) is 35.2 Å². The first-order valence-corrected chi connectivity index (χ1v) is 9.39. The number of likely N-dealkylation sites (tertiary alicyclic amines) is 1. The molecule has 0 bridgehead atoms. The molecule has 1 aliphatic rings. The Bertz CT molecular complexity index is 1020. The van der Waals surface area contributed by atoms with E-state index in [9.17, 15) is 18.4 Å². The molecular formula is C19H15F2N3O3S. The normalized spacial score (nSPS) is 16.6. The first-order valence-electron chi connectivity index (χ1n) is 8.51. The van der Waals surface area contributed by atoms with Crippen LogP contribution < -0.4 is 5.32 Å². The van der Waals surface area contributed by atoms with Crippen molar-refractivity contribution in [1.29, 1.82) is 0 Å². The Balaban J connectivity index is 1.39. The molecule has 1 fully saturated rings. The fourth-order valence-electron chi connectivity index (χ4n) is 3.02. The van der Waals surface area contributed by atoms with Gasteiger partial charge in [-0.15, -0.1) is 11.3 Å². The van der Waals surface area contributed by atoms with Crippen molar-refractivity contribution in [2.24, 2.45) is 5.92 Å². The molecule has 3 heterocycles. The van der Waals surface area contributed by atoms with Gasteiger partial charge in [0.25, 0.3) is 0 Å². The maximum atomic E-state index is 13.4. The van der Waals surface area contributed by atoms with E-state index in [1.165, 1.54) is 23.7 Å². The molecule has 2 amide bonds. The summed E-state index contributed by atoms with van der Waals surface area (Å²) in [7, 11) is 0. The minimum atomic E-state index is -0.961. The van der Waals surface area contributed by atoms with Gasteiger partial charge >= 0.3 is 0 Å². The molecule has 1 atom stereocenters. The Morgan fingerprint density at radius 1 is 1.32 bits per heavy atom. The predicted molar refractivity (Wildman–Crippen MR) is 98.3 cm³/mol. The number of rotatable bonds is 5. The van der Waals surface area contributed by atoms with E-state index in [-0.39, 0.29) is 18.2 Å². The zero-order valence-electron chi connectivity index (χ0n) is 14.5. The van der Waals surface area contributed by atoms with Crippen molar-refractivity contribution in [2.45, 2.75) is 13.0 Å². The van der Waals surface area contributed by atoms with E-state index < -0.39 is 17.6 Å². The molecule has 3 aromatic rings. The first kappa shape index (κ1) is 18.3. The van der Waals surface area contributed by atoms with Gasteiger partial charge in [-0.2, -0.15) is 0 Å². The van der Waals surface area contributed by atoms with Crippen LogP contribution in [0.4, 0.5) is 13.9 Å². The van der Waals surface area contributed by atoms with Crippen LogP contribution in [0.3, 0.4) is 0 Å². The molecule has 144 valence electrons. The second kappa shape index (κ2) is 7.51. The number of benzene rings is 1. The summed E-state index contributed by atoms with van der Waals surface area (Å²) in [6.07, 6.45) is 1.65. The van der Waals surface area contributed by atoms with Gasteiger partial charge in [0.05, 0.1) is 24.4 Å². The van der Waals surface area contributed by atoms with E-state index >= 15 is 0 Å². The van der Waals surface area contributed by atoms with E-state index in [0.717, 1.165) is 12.1 Å². The standard InChI is InChI=1S/C19H15F2N3O3S/c20-14-4-3-11(6-15(14)21)16-10-28-19(22-16)23-18(26)12-7-17(25)24(8-12)9-13-2-1-5-27-13/h1-6,10,12H,7-9H2,(H,22,23,26). The van der Waals surface area contributed by atoms with Crippen LogP contribution in [0.2, 0.25) is 0 Å². The second-order valence-corrected chi connectivity index (χ2v) is 7.27. The molecular weight excluding hydrogens is 388 g/mol. The summed E-state index contributed by atoms with van der Waals surface area (Å²) >= 11 is 1.17. The molecule has 1 aromatic carbocycles. The maximum Gasteiger partial charge on any atom is 0.231 e. The molecule has 0 radical (unpaired) electrons. The Labute approximate surface area is 162 Å². The van der Waals surface area contributed by atoms with E-state index in [1.807, 2.05) is 0 Å². The van der Waals surface area contributed by atoms with Gasteiger partial charge in [0.1, 0.15) is 5.76 Å².